The lowest BCUT2D eigenvalue weighted by Gasteiger charge is -2.35. The number of hydrogen-bond donors (Lipinski definition) is 2. The first-order valence-electron chi connectivity index (χ1n) is 7.27. The molecule has 0 aliphatic heterocycles. The molecule has 1 aliphatic carbocycles. The normalized spacial score (nSPS) is 25.9. The fourth-order valence-corrected chi connectivity index (χ4v) is 3.03. The molecule has 0 amide bonds. The van der Waals surface area contributed by atoms with Gasteiger partial charge in [-0.2, -0.15) is 0 Å². The highest BCUT2D eigenvalue weighted by Crippen LogP contribution is 2.33. The predicted molar refractivity (Wildman–Crippen MR) is 75.7 cm³/mol. The Bertz CT molecular complexity index is 334. The second-order valence-corrected chi connectivity index (χ2v) is 5.36. The summed E-state index contributed by atoms with van der Waals surface area (Å²) in [6.07, 6.45) is 6.13. The van der Waals surface area contributed by atoms with Crippen molar-refractivity contribution < 1.29 is 5.11 Å². The van der Waals surface area contributed by atoms with Gasteiger partial charge in [0.05, 0.1) is 6.61 Å². The molecule has 3 unspecified atom stereocenters. The summed E-state index contributed by atoms with van der Waals surface area (Å²) in [7, 11) is 0. The van der Waals surface area contributed by atoms with Gasteiger partial charge in [0.25, 0.3) is 0 Å². The van der Waals surface area contributed by atoms with Crippen molar-refractivity contribution >= 4 is 0 Å². The molecule has 0 heterocycles. The first-order valence-corrected chi connectivity index (χ1v) is 7.27. The molecule has 2 nitrogen and oxygen atoms in total. The fraction of sp³-hybridized carbons (Fsp3) is 0.625. The molecule has 1 aliphatic rings. The van der Waals surface area contributed by atoms with Gasteiger partial charge in [-0.1, -0.05) is 50.1 Å². The molecule has 1 aromatic carbocycles. The molecule has 0 saturated heterocycles. The van der Waals surface area contributed by atoms with Crippen molar-refractivity contribution in [3.63, 3.8) is 0 Å². The summed E-state index contributed by atoms with van der Waals surface area (Å²) in [6, 6.07) is 11.6. The molecule has 2 heteroatoms. The van der Waals surface area contributed by atoms with Crippen molar-refractivity contribution in [3.8, 4) is 0 Å². The van der Waals surface area contributed by atoms with Crippen LogP contribution in [0.4, 0.5) is 0 Å². The maximum Gasteiger partial charge on any atom is 0.0584 e. The predicted octanol–water partition coefficient (Wildman–Crippen LogP) is 3.07. The summed E-state index contributed by atoms with van der Waals surface area (Å²) in [4.78, 5) is 0. The number of hydrogen-bond acceptors (Lipinski definition) is 2. The number of aliphatic hydroxyl groups excluding tert-OH is 1. The van der Waals surface area contributed by atoms with Crippen LogP contribution in [0, 0.1) is 0 Å². The van der Waals surface area contributed by atoms with Crippen molar-refractivity contribution in [1.29, 1.82) is 0 Å². The highest BCUT2D eigenvalue weighted by atomic mass is 16.3. The molecule has 18 heavy (non-hydrogen) atoms. The van der Waals surface area contributed by atoms with E-state index in [2.05, 4.69) is 42.6 Å². The topological polar surface area (TPSA) is 32.3 Å². The molecule has 2 rings (SSSR count). The zero-order chi connectivity index (χ0) is 12.8. The summed E-state index contributed by atoms with van der Waals surface area (Å²) < 4.78 is 0. The van der Waals surface area contributed by atoms with Gasteiger partial charge in [-0.05, 0) is 30.7 Å². The Morgan fingerprint density at radius 3 is 2.61 bits per heavy atom. The second kappa shape index (κ2) is 6.91. The highest BCUT2D eigenvalue weighted by molar-refractivity contribution is 5.22. The zero-order valence-corrected chi connectivity index (χ0v) is 11.3. The van der Waals surface area contributed by atoms with Crippen LogP contribution in [-0.4, -0.2) is 23.8 Å². The van der Waals surface area contributed by atoms with E-state index in [1.807, 2.05) is 0 Å². The Balaban J connectivity index is 2.06. The van der Waals surface area contributed by atoms with Crippen LogP contribution in [0.2, 0.25) is 0 Å². The van der Waals surface area contributed by atoms with Crippen LogP contribution >= 0.6 is 0 Å². The summed E-state index contributed by atoms with van der Waals surface area (Å²) in [6.45, 7) is 2.38. The number of benzene rings is 1. The standard InChI is InChI=1S/C16H25NO/c1-2-14(12-18)17-16-11-7-6-10-15(16)13-8-4-3-5-9-13/h3-5,8-9,14-18H,2,6-7,10-12H2,1H3. The van der Waals surface area contributed by atoms with E-state index in [1.54, 1.807) is 0 Å². The van der Waals surface area contributed by atoms with Gasteiger partial charge in [-0.25, -0.2) is 0 Å². The van der Waals surface area contributed by atoms with Crippen molar-refractivity contribution in [1.82, 2.24) is 5.32 Å². The largest absolute Gasteiger partial charge is 0.395 e. The molecule has 0 aromatic heterocycles. The molecule has 1 aromatic rings. The second-order valence-electron chi connectivity index (χ2n) is 5.36. The molecule has 3 atom stereocenters. The van der Waals surface area contributed by atoms with Crippen molar-refractivity contribution in [2.45, 2.75) is 57.0 Å². The third kappa shape index (κ3) is 3.33. The minimum Gasteiger partial charge on any atom is -0.395 e. The van der Waals surface area contributed by atoms with Crippen LogP contribution in [-0.2, 0) is 0 Å². The van der Waals surface area contributed by atoms with E-state index in [0.717, 1.165) is 6.42 Å². The molecule has 1 fully saturated rings. The third-order valence-corrected chi connectivity index (χ3v) is 4.16. The van der Waals surface area contributed by atoms with Crippen LogP contribution in [0.25, 0.3) is 0 Å². The molecule has 2 N–H and O–H groups in total. The Labute approximate surface area is 110 Å². The van der Waals surface area contributed by atoms with E-state index in [0.29, 0.717) is 12.0 Å². The Kier molecular flexibility index (Phi) is 5.21. The van der Waals surface area contributed by atoms with E-state index in [4.69, 9.17) is 0 Å². The molecule has 1 saturated carbocycles. The quantitative estimate of drug-likeness (QED) is 0.838. The van der Waals surface area contributed by atoms with Gasteiger partial charge in [-0.15, -0.1) is 0 Å². The minimum absolute atomic E-state index is 0.245. The molecular formula is C16H25NO. The molecule has 100 valence electrons. The third-order valence-electron chi connectivity index (χ3n) is 4.16. The zero-order valence-electron chi connectivity index (χ0n) is 11.3. The molecular weight excluding hydrogens is 222 g/mol. The number of aliphatic hydroxyl groups is 1. The minimum atomic E-state index is 0.245. The average Bonchev–Trinajstić information content (AvgIpc) is 2.46. The highest BCUT2D eigenvalue weighted by Gasteiger charge is 2.27. The lowest BCUT2D eigenvalue weighted by atomic mass is 9.79. The van der Waals surface area contributed by atoms with Crippen LogP contribution in [0.1, 0.15) is 50.5 Å². The maximum atomic E-state index is 9.35. The Morgan fingerprint density at radius 1 is 1.22 bits per heavy atom. The van der Waals surface area contributed by atoms with Gasteiger partial charge >= 0.3 is 0 Å². The Hall–Kier alpha value is -0.860. The van der Waals surface area contributed by atoms with Crippen LogP contribution < -0.4 is 5.32 Å². The Morgan fingerprint density at radius 2 is 1.94 bits per heavy atom. The lowest BCUT2D eigenvalue weighted by Crippen LogP contribution is -2.44. The SMILES string of the molecule is CCC(CO)NC1CCCCC1c1ccccc1. The van der Waals surface area contributed by atoms with E-state index < -0.39 is 0 Å². The van der Waals surface area contributed by atoms with Crippen molar-refractivity contribution in [2.24, 2.45) is 0 Å². The molecule has 0 bridgehead atoms. The smallest absolute Gasteiger partial charge is 0.0584 e. The monoisotopic (exact) mass is 247 g/mol. The number of nitrogens with one attached hydrogen (secondary N) is 1. The van der Waals surface area contributed by atoms with Gasteiger partial charge < -0.3 is 10.4 Å². The van der Waals surface area contributed by atoms with Crippen LogP contribution in [0.5, 0.6) is 0 Å². The van der Waals surface area contributed by atoms with Gasteiger partial charge in [0.1, 0.15) is 0 Å². The number of rotatable bonds is 5. The maximum absolute atomic E-state index is 9.35. The van der Waals surface area contributed by atoms with E-state index in [-0.39, 0.29) is 12.6 Å². The van der Waals surface area contributed by atoms with Crippen molar-refractivity contribution in [2.75, 3.05) is 6.61 Å². The van der Waals surface area contributed by atoms with E-state index in [9.17, 15) is 5.11 Å². The average molecular weight is 247 g/mol. The van der Waals surface area contributed by atoms with E-state index >= 15 is 0 Å². The molecule has 0 spiro atoms. The first-order chi connectivity index (χ1) is 8.85. The van der Waals surface area contributed by atoms with Gasteiger partial charge in [-0.3, -0.25) is 0 Å². The van der Waals surface area contributed by atoms with Crippen LogP contribution in [0.3, 0.4) is 0 Å². The molecule has 0 radical (unpaired) electrons. The fourth-order valence-electron chi connectivity index (χ4n) is 3.03. The first kappa shape index (κ1) is 13.6. The van der Waals surface area contributed by atoms with E-state index in [1.165, 1.54) is 31.2 Å². The van der Waals surface area contributed by atoms with Gasteiger partial charge in [0, 0.05) is 12.1 Å². The van der Waals surface area contributed by atoms with Crippen molar-refractivity contribution in [3.05, 3.63) is 35.9 Å². The summed E-state index contributed by atoms with van der Waals surface area (Å²) in [5.74, 6) is 0.612. The van der Waals surface area contributed by atoms with Gasteiger partial charge in [0.15, 0.2) is 0 Å². The van der Waals surface area contributed by atoms with Gasteiger partial charge in [0.2, 0.25) is 0 Å². The lowest BCUT2D eigenvalue weighted by molar-refractivity contribution is 0.206. The van der Waals surface area contributed by atoms with Crippen LogP contribution in [0.15, 0.2) is 30.3 Å². The summed E-state index contributed by atoms with van der Waals surface area (Å²) in [5, 5.41) is 13.0. The summed E-state index contributed by atoms with van der Waals surface area (Å²) in [5.41, 5.74) is 1.45. The summed E-state index contributed by atoms with van der Waals surface area (Å²) >= 11 is 0.